The maximum Gasteiger partial charge on any atom is 0.219 e. The first kappa shape index (κ1) is 19.7. The lowest BCUT2D eigenvalue weighted by Crippen LogP contribution is -2.34. The third kappa shape index (κ3) is 4.03. The fourth-order valence-electron chi connectivity index (χ4n) is 4.79. The summed E-state index contributed by atoms with van der Waals surface area (Å²) in [6.45, 7) is 5.19. The molecular weight excluding hydrogens is 384 g/mol. The van der Waals surface area contributed by atoms with Crippen LogP contribution in [0, 0.1) is 6.92 Å². The van der Waals surface area contributed by atoms with Gasteiger partial charge in [0.25, 0.3) is 0 Å². The van der Waals surface area contributed by atoms with Gasteiger partial charge in [0.1, 0.15) is 0 Å². The number of anilines is 1. The Morgan fingerprint density at radius 1 is 1.10 bits per heavy atom. The van der Waals surface area contributed by atoms with Crippen LogP contribution in [0.1, 0.15) is 35.7 Å². The first-order valence-corrected chi connectivity index (χ1v) is 10.9. The summed E-state index contributed by atoms with van der Waals surface area (Å²) in [5.41, 5.74) is 12.6. The van der Waals surface area contributed by atoms with Crippen LogP contribution in [-0.2, 0) is 13.6 Å². The Hall–Kier alpha value is -3.25. The highest BCUT2D eigenvalue weighted by Crippen LogP contribution is 2.31. The van der Waals surface area contributed by atoms with Gasteiger partial charge in [0.2, 0.25) is 5.95 Å². The van der Waals surface area contributed by atoms with Crippen molar-refractivity contribution in [2.45, 2.75) is 32.2 Å². The van der Waals surface area contributed by atoms with E-state index in [2.05, 4.69) is 76.0 Å². The molecule has 4 heterocycles. The molecule has 1 saturated heterocycles. The summed E-state index contributed by atoms with van der Waals surface area (Å²) in [6.07, 6.45) is 8.20. The van der Waals surface area contributed by atoms with Crippen LogP contribution in [0.5, 0.6) is 0 Å². The first-order chi connectivity index (χ1) is 15.1. The molecule has 6 heteroatoms. The van der Waals surface area contributed by atoms with E-state index in [1.54, 1.807) is 12.4 Å². The van der Waals surface area contributed by atoms with Crippen LogP contribution in [0.15, 0.2) is 55.0 Å². The van der Waals surface area contributed by atoms with Gasteiger partial charge in [-0.25, -0.2) is 9.97 Å². The van der Waals surface area contributed by atoms with Crippen molar-refractivity contribution in [1.29, 1.82) is 0 Å². The number of likely N-dealkylation sites (tertiary alicyclic amines) is 1. The van der Waals surface area contributed by atoms with Crippen LogP contribution >= 0.6 is 0 Å². The van der Waals surface area contributed by atoms with Crippen molar-refractivity contribution in [1.82, 2.24) is 24.4 Å². The molecule has 3 aromatic heterocycles. The van der Waals surface area contributed by atoms with Crippen LogP contribution in [0.2, 0.25) is 0 Å². The molecule has 4 aromatic rings. The predicted octanol–water partition coefficient (Wildman–Crippen LogP) is 4.30. The number of hydrogen-bond acceptors (Lipinski definition) is 5. The van der Waals surface area contributed by atoms with Crippen LogP contribution in [0.4, 0.5) is 5.95 Å². The number of fused-ring (bicyclic) bond motifs is 1. The minimum Gasteiger partial charge on any atom is -0.368 e. The molecule has 1 atom stereocenters. The normalized spacial score (nSPS) is 17.3. The number of para-hydroxylation sites is 1. The van der Waals surface area contributed by atoms with Crippen molar-refractivity contribution in [2.75, 3.05) is 18.8 Å². The van der Waals surface area contributed by atoms with Crippen LogP contribution < -0.4 is 5.73 Å². The minimum absolute atomic E-state index is 0.297. The number of nitrogens with two attached hydrogens (primary N) is 1. The number of hydrogen-bond donors (Lipinski definition) is 1. The maximum absolute atomic E-state index is 5.65. The molecule has 6 nitrogen and oxygen atoms in total. The van der Waals surface area contributed by atoms with Gasteiger partial charge in [0, 0.05) is 72.5 Å². The van der Waals surface area contributed by atoms with Gasteiger partial charge >= 0.3 is 0 Å². The van der Waals surface area contributed by atoms with E-state index in [4.69, 9.17) is 10.7 Å². The number of pyridine rings is 1. The Labute approximate surface area is 182 Å². The molecule has 1 fully saturated rings. The van der Waals surface area contributed by atoms with Crippen LogP contribution in [-0.4, -0.2) is 37.5 Å². The van der Waals surface area contributed by atoms with Gasteiger partial charge in [0.15, 0.2) is 0 Å². The quantitative estimate of drug-likeness (QED) is 0.541. The average molecular weight is 413 g/mol. The molecule has 0 saturated carbocycles. The molecule has 1 aromatic carbocycles. The van der Waals surface area contributed by atoms with Gasteiger partial charge in [0.05, 0.1) is 0 Å². The number of piperidine rings is 1. The van der Waals surface area contributed by atoms with Gasteiger partial charge in [-0.3, -0.25) is 9.88 Å². The van der Waals surface area contributed by atoms with E-state index >= 15 is 0 Å². The number of aryl methyl sites for hydroxylation is 2. The molecule has 31 heavy (non-hydrogen) atoms. The highest BCUT2D eigenvalue weighted by molar-refractivity contribution is 5.83. The molecule has 0 spiro atoms. The summed E-state index contributed by atoms with van der Waals surface area (Å²) >= 11 is 0. The third-order valence-corrected chi connectivity index (χ3v) is 6.28. The van der Waals surface area contributed by atoms with E-state index in [0.717, 1.165) is 42.1 Å². The van der Waals surface area contributed by atoms with E-state index in [1.807, 2.05) is 0 Å². The monoisotopic (exact) mass is 412 g/mol. The maximum atomic E-state index is 5.65. The zero-order valence-electron chi connectivity index (χ0n) is 18.1. The number of aromatic nitrogens is 4. The molecule has 0 radical (unpaired) electrons. The van der Waals surface area contributed by atoms with Crippen molar-refractivity contribution < 1.29 is 0 Å². The van der Waals surface area contributed by atoms with Gasteiger partial charge in [-0.15, -0.1) is 0 Å². The molecule has 0 amide bonds. The van der Waals surface area contributed by atoms with Crippen molar-refractivity contribution in [3.05, 3.63) is 71.9 Å². The summed E-state index contributed by atoms with van der Waals surface area (Å²) in [5, 5.41) is 1.35. The van der Waals surface area contributed by atoms with Gasteiger partial charge < -0.3 is 10.3 Å². The first-order valence-electron chi connectivity index (χ1n) is 10.9. The van der Waals surface area contributed by atoms with E-state index in [0.29, 0.717) is 11.9 Å². The van der Waals surface area contributed by atoms with Gasteiger partial charge in [-0.05, 0) is 55.6 Å². The largest absolute Gasteiger partial charge is 0.368 e. The Morgan fingerprint density at radius 2 is 1.90 bits per heavy atom. The second-order valence-electron chi connectivity index (χ2n) is 8.61. The fourth-order valence-corrected chi connectivity index (χ4v) is 4.79. The second kappa shape index (κ2) is 8.12. The Kier molecular flexibility index (Phi) is 5.16. The van der Waals surface area contributed by atoms with Crippen molar-refractivity contribution in [3.8, 4) is 11.1 Å². The number of rotatable bonds is 4. The molecule has 158 valence electrons. The standard InChI is InChI=1S/C25H28N6/c1-17-10-19(20-12-27-25(26)28-13-20)11-23(29-17)18-6-5-9-31(15-18)16-21-14-30(2)24-8-4-3-7-22(21)24/h3-4,7-8,10-14,18H,5-6,9,15-16H2,1-2H3,(H2,26,27,28). The average Bonchev–Trinajstić information content (AvgIpc) is 3.09. The van der Waals surface area contributed by atoms with Gasteiger partial charge in [-0.1, -0.05) is 18.2 Å². The van der Waals surface area contributed by atoms with E-state index < -0.39 is 0 Å². The highest BCUT2D eigenvalue weighted by atomic mass is 15.1. The Morgan fingerprint density at radius 3 is 2.74 bits per heavy atom. The molecule has 1 aliphatic heterocycles. The zero-order valence-corrected chi connectivity index (χ0v) is 18.1. The van der Waals surface area contributed by atoms with Crippen molar-refractivity contribution >= 4 is 16.9 Å². The Balaban J connectivity index is 1.38. The minimum atomic E-state index is 0.297. The SMILES string of the molecule is Cc1cc(-c2cnc(N)nc2)cc(C2CCCN(Cc3cn(C)c4ccccc34)C2)n1. The fraction of sp³-hybridized carbons (Fsp3) is 0.320. The van der Waals surface area contributed by atoms with E-state index in [-0.39, 0.29) is 0 Å². The van der Waals surface area contributed by atoms with Gasteiger partial charge in [-0.2, -0.15) is 0 Å². The summed E-state index contributed by atoms with van der Waals surface area (Å²) in [6, 6.07) is 13.0. The molecule has 5 rings (SSSR count). The highest BCUT2D eigenvalue weighted by Gasteiger charge is 2.24. The lowest BCUT2D eigenvalue weighted by Gasteiger charge is -2.32. The molecule has 0 bridgehead atoms. The predicted molar refractivity (Wildman–Crippen MR) is 125 cm³/mol. The number of nitrogen functional groups attached to an aromatic ring is 1. The smallest absolute Gasteiger partial charge is 0.219 e. The number of benzene rings is 1. The summed E-state index contributed by atoms with van der Waals surface area (Å²) in [4.78, 5) is 15.8. The van der Waals surface area contributed by atoms with Crippen LogP contribution in [0.25, 0.3) is 22.0 Å². The second-order valence-corrected chi connectivity index (χ2v) is 8.61. The van der Waals surface area contributed by atoms with Crippen LogP contribution in [0.3, 0.4) is 0 Å². The zero-order chi connectivity index (χ0) is 21.4. The molecule has 1 unspecified atom stereocenters. The molecule has 0 aliphatic carbocycles. The van der Waals surface area contributed by atoms with Crippen molar-refractivity contribution in [3.63, 3.8) is 0 Å². The van der Waals surface area contributed by atoms with E-state index in [9.17, 15) is 0 Å². The lowest BCUT2D eigenvalue weighted by atomic mass is 9.92. The lowest BCUT2D eigenvalue weighted by molar-refractivity contribution is 0.199. The molecule has 2 N–H and O–H groups in total. The Bertz CT molecular complexity index is 1210. The summed E-state index contributed by atoms with van der Waals surface area (Å²) < 4.78 is 2.23. The van der Waals surface area contributed by atoms with E-state index in [1.165, 1.54) is 29.3 Å². The summed E-state index contributed by atoms with van der Waals surface area (Å²) in [5.74, 6) is 0.725. The topological polar surface area (TPSA) is 72.9 Å². The third-order valence-electron chi connectivity index (χ3n) is 6.28. The summed E-state index contributed by atoms with van der Waals surface area (Å²) in [7, 11) is 2.13. The van der Waals surface area contributed by atoms with Crippen molar-refractivity contribution in [2.24, 2.45) is 7.05 Å². The molecular formula is C25H28N6. The molecule has 1 aliphatic rings. The number of nitrogens with zero attached hydrogens (tertiary/aromatic N) is 5.